The monoisotopic (exact) mass is 720 g/mol. The van der Waals surface area contributed by atoms with Crippen molar-refractivity contribution in [3.63, 3.8) is 0 Å². The molecule has 2 nitrogen and oxygen atoms in total. The number of hydrogen-bond donors (Lipinski definition) is 0. The Hall–Kier alpha value is -2.61. The Labute approximate surface area is 319 Å². The molecule has 0 N–H and O–H groups in total. The Morgan fingerprint density at radius 2 is 0.960 bits per heavy atom. The van der Waals surface area contributed by atoms with Crippen LogP contribution >= 0.6 is 0 Å². The summed E-state index contributed by atoms with van der Waals surface area (Å²) in [5.74, 6) is 13.9. The average molecular weight is 722 g/mol. The summed E-state index contributed by atoms with van der Waals surface area (Å²) in [6.07, 6.45) is 32.0. The smallest absolute Gasteiger partial charge is 0.135 e. The van der Waals surface area contributed by atoms with E-state index in [4.69, 9.17) is 9.98 Å². The molecule has 278 valence electrons. The van der Waals surface area contributed by atoms with E-state index in [0.717, 1.165) is 74.2 Å². The van der Waals surface area contributed by atoms with E-state index in [2.05, 4.69) is 99.1 Å². The van der Waals surface area contributed by atoms with Crippen LogP contribution in [0.3, 0.4) is 0 Å². The zero-order valence-corrected chi connectivity index (χ0v) is 33.3. The van der Waals surface area contributed by atoms with E-state index >= 15 is 0 Å². The van der Waals surface area contributed by atoms with Crippen molar-refractivity contribution in [3.8, 4) is 23.7 Å². The fraction of sp³-hybridized carbons (Fsp3) is 0.617. The molecule has 0 aliphatic carbocycles. The Balaban J connectivity index is 0.0000125. The van der Waals surface area contributed by atoms with Gasteiger partial charge < -0.3 is 0 Å². The topological polar surface area (TPSA) is 24.7 Å². The van der Waals surface area contributed by atoms with Crippen LogP contribution in [0.4, 0.5) is 11.4 Å². The van der Waals surface area contributed by atoms with Gasteiger partial charge in [0.1, 0.15) is 5.71 Å². The molecule has 0 aliphatic rings. The largest absolute Gasteiger partial charge is 0.251 e. The zero-order chi connectivity index (χ0) is 34.9. The van der Waals surface area contributed by atoms with E-state index < -0.39 is 0 Å². The van der Waals surface area contributed by atoms with E-state index in [1.54, 1.807) is 0 Å². The summed E-state index contributed by atoms with van der Waals surface area (Å²) in [4.78, 5) is 10.5. The Morgan fingerprint density at radius 3 is 1.56 bits per heavy atom. The second kappa shape index (κ2) is 33.5. The minimum atomic E-state index is 0. The number of hydrogen-bond acceptors (Lipinski definition) is 2. The molecule has 2 rings (SSSR count). The molecule has 2 aromatic carbocycles. The van der Waals surface area contributed by atoms with Crippen molar-refractivity contribution in [1.82, 2.24) is 0 Å². The first-order chi connectivity index (χ1) is 24.3. The van der Waals surface area contributed by atoms with Gasteiger partial charge in [0.25, 0.3) is 0 Å². The summed E-state index contributed by atoms with van der Waals surface area (Å²) in [5.41, 5.74) is 5.16. The first-order valence-corrected chi connectivity index (χ1v) is 20.5. The average Bonchev–Trinajstić information content (AvgIpc) is 3.13. The second-order valence-corrected chi connectivity index (χ2v) is 13.8. The van der Waals surface area contributed by atoms with Crippen LogP contribution in [-0.2, 0) is 22.9 Å². The molecule has 0 heterocycles. The van der Waals surface area contributed by atoms with Crippen LogP contribution < -0.4 is 0 Å². The van der Waals surface area contributed by atoms with E-state index in [1.165, 1.54) is 121 Å². The van der Waals surface area contributed by atoms with E-state index in [0.29, 0.717) is 0 Å². The van der Waals surface area contributed by atoms with Gasteiger partial charge in [0.05, 0.1) is 17.1 Å². The van der Waals surface area contributed by atoms with Gasteiger partial charge in [-0.2, -0.15) is 0 Å². The maximum atomic E-state index is 5.29. The SMILES string of the molecule is CCCCCCCC#CC(=Nc1ccccc1CCCC#CCCCCCCCCCCC)C(CCCCCCCC)=Nc1ccccc1.[Ni]. The van der Waals surface area contributed by atoms with Crippen LogP contribution in [0.15, 0.2) is 64.6 Å². The third-order valence-corrected chi connectivity index (χ3v) is 9.17. The molecule has 0 aliphatic heterocycles. The second-order valence-electron chi connectivity index (χ2n) is 13.8. The van der Waals surface area contributed by atoms with Crippen LogP contribution in [0.5, 0.6) is 0 Å². The van der Waals surface area contributed by atoms with E-state index in [9.17, 15) is 0 Å². The maximum absolute atomic E-state index is 5.29. The molecule has 0 unspecified atom stereocenters. The van der Waals surface area contributed by atoms with Crippen LogP contribution in [0.25, 0.3) is 0 Å². The summed E-state index contributed by atoms with van der Waals surface area (Å²) in [6.45, 7) is 6.83. The molecule has 0 saturated heterocycles. The third kappa shape index (κ3) is 23.7. The van der Waals surface area contributed by atoms with Crippen molar-refractivity contribution < 1.29 is 16.5 Å². The molecule has 0 fully saturated rings. The van der Waals surface area contributed by atoms with Gasteiger partial charge in [-0.05, 0) is 68.2 Å². The van der Waals surface area contributed by atoms with Gasteiger partial charge in [-0.15, -0.1) is 11.8 Å². The number of benzene rings is 2. The maximum Gasteiger partial charge on any atom is 0.135 e. The fourth-order valence-corrected chi connectivity index (χ4v) is 6.11. The molecule has 0 saturated carbocycles. The molecule has 0 radical (unpaired) electrons. The van der Waals surface area contributed by atoms with Crippen LogP contribution in [0, 0.1) is 23.7 Å². The minimum Gasteiger partial charge on any atom is -0.251 e. The number of aryl methyl sites for hydroxylation is 1. The molecule has 50 heavy (non-hydrogen) atoms. The van der Waals surface area contributed by atoms with Crippen molar-refractivity contribution in [2.24, 2.45) is 9.98 Å². The summed E-state index contributed by atoms with van der Waals surface area (Å²) in [7, 11) is 0. The molecule has 0 amide bonds. The molecule has 0 aromatic heterocycles. The summed E-state index contributed by atoms with van der Waals surface area (Å²) in [5, 5.41) is 0. The number of para-hydroxylation sites is 2. The van der Waals surface area contributed by atoms with Crippen LogP contribution in [0.2, 0.25) is 0 Å². The number of unbranched alkanes of at least 4 members (excludes halogenated alkanes) is 20. The van der Waals surface area contributed by atoms with Gasteiger partial charge in [0.2, 0.25) is 0 Å². The molecule has 3 heteroatoms. The predicted octanol–water partition coefficient (Wildman–Crippen LogP) is 14.9. The van der Waals surface area contributed by atoms with Crippen molar-refractivity contribution >= 4 is 22.8 Å². The molecule has 0 atom stereocenters. The minimum absolute atomic E-state index is 0. The summed E-state index contributed by atoms with van der Waals surface area (Å²) < 4.78 is 0. The van der Waals surface area contributed by atoms with Gasteiger partial charge in [-0.3, -0.25) is 4.99 Å². The van der Waals surface area contributed by atoms with E-state index in [1.807, 2.05) is 0 Å². The predicted molar refractivity (Wildman–Crippen MR) is 219 cm³/mol. The molecule has 0 spiro atoms. The molecular formula is C47H70N2Ni. The Morgan fingerprint density at radius 1 is 0.480 bits per heavy atom. The fourth-order valence-electron chi connectivity index (χ4n) is 6.11. The quantitative estimate of drug-likeness (QED) is 0.0380. The first kappa shape index (κ1) is 45.4. The van der Waals surface area contributed by atoms with E-state index in [-0.39, 0.29) is 16.5 Å². The summed E-state index contributed by atoms with van der Waals surface area (Å²) in [6, 6.07) is 19.0. The van der Waals surface area contributed by atoms with Crippen molar-refractivity contribution in [3.05, 3.63) is 60.2 Å². The number of rotatable bonds is 27. The molecule has 2 aromatic rings. The van der Waals surface area contributed by atoms with Crippen LogP contribution in [0.1, 0.15) is 187 Å². The number of nitrogens with zero attached hydrogens (tertiary/aromatic N) is 2. The molecular weight excluding hydrogens is 651 g/mol. The van der Waals surface area contributed by atoms with Gasteiger partial charge in [0.15, 0.2) is 0 Å². The van der Waals surface area contributed by atoms with Crippen molar-refractivity contribution in [2.45, 2.75) is 188 Å². The normalized spacial score (nSPS) is 11.3. The van der Waals surface area contributed by atoms with Crippen LogP contribution in [-0.4, -0.2) is 11.4 Å². The van der Waals surface area contributed by atoms with Gasteiger partial charge in [0, 0.05) is 35.8 Å². The third-order valence-electron chi connectivity index (χ3n) is 9.17. The number of aliphatic imine (C=N–C) groups is 2. The standard InChI is InChI=1S/C47H70N2.Ni/c1-4-7-10-13-16-17-18-19-20-21-22-24-25-29-36-43-37-34-35-40-45(43)49-47(42-33-27-23-14-11-8-5-2)46(41-32-26-15-12-9-6-3)48-44-38-30-28-31-39-44;/h28,30-31,34-35,37-40H,4-21,23,25-27,29,32,36,41H2,1-3H3;. The zero-order valence-electron chi connectivity index (χ0n) is 32.3. The van der Waals surface area contributed by atoms with Gasteiger partial charge in [-0.25, -0.2) is 4.99 Å². The summed E-state index contributed by atoms with van der Waals surface area (Å²) >= 11 is 0. The Bertz CT molecular complexity index is 1270. The Kier molecular flexibility index (Phi) is 30.5. The first-order valence-electron chi connectivity index (χ1n) is 20.5. The van der Waals surface area contributed by atoms with Crippen molar-refractivity contribution in [1.29, 1.82) is 0 Å². The van der Waals surface area contributed by atoms with Crippen molar-refractivity contribution in [2.75, 3.05) is 0 Å². The molecule has 0 bridgehead atoms. The van der Waals surface area contributed by atoms with Gasteiger partial charge in [-0.1, -0.05) is 172 Å². The van der Waals surface area contributed by atoms with Gasteiger partial charge >= 0.3 is 0 Å².